The number of hydrogen-bond donors (Lipinski definition) is 3. The molecule has 1 saturated heterocycles. The molecule has 1 aromatic rings. The topological polar surface area (TPSA) is 114 Å². The molecule has 8 nitrogen and oxygen atoms in total. The van der Waals surface area contributed by atoms with Gasteiger partial charge < -0.3 is 25.2 Å². The number of carbonyl (C=O) groups excluding carboxylic acids is 2. The van der Waals surface area contributed by atoms with Crippen LogP contribution in [0.5, 0.6) is 0 Å². The second-order valence-corrected chi connectivity index (χ2v) is 5.82. The Morgan fingerprint density at radius 1 is 1.18 bits per heavy atom. The number of benzene rings is 1. The summed E-state index contributed by atoms with van der Waals surface area (Å²) < 4.78 is 41.9. The number of alkyl carbamates (subject to hydrolysis) is 1. The number of carbonyl (C=O) groups is 3. The summed E-state index contributed by atoms with van der Waals surface area (Å²) in [6.07, 6.45) is -5.62. The van der Waals surface area contributed by atoms with Crippen LogP contribution in [0, 0.1) is 5.41 Å². The van der Waals surface area contributed by atoms with Crippen LogP contribution in [0.3, 0.4) is 0 Å². The molecular formula is C17H21F3N2O6. The first kappa shape index (κ1) is 23.2. The van der Waals surface area contributed by atoms with E-state index in [9.17, 15) is 22.8 Å². The van der Waals surface area contributed by atoms with Gasteiger partial charge in [0.2, 0.25) is 0 Å². The fourth-order valence-electron chi connectivity index (χ4n) is 2.07. The zero-order chi connectivity index (χ0) is 21.2. The summed E-state index contributed by atoms with van der Waals surface area (Å²) in [5.74, 6) is -3.04. The van der Waals surface area contributed by atoms with E-state index in [1.165, 1.54) is 0 Å². The minimum absolute atomic E-state index is 0.206. The predicted octanol–water partition coefficient (Wildman–Crippen LogP) is 1.70. The molecule has 156 valence electrons. The van der Waals surface area contributed by atoms with Crippen LogP contribution < -0.4 is 10.6 Å². The van der Waals surface area contributed by atoms with Crippen LogP contribution in [-0.2, 0) is 25.7 Å². The van der Waals surface area contributed by atoms with Gasteiger partial charge in [-0.05, 0) is 12.5 Å². The average Bonchev–Trinajstić information content (AvgIpc) is 2.60. The van der Waals surface area contributed by atoms with Crippen molar-refractivity contribution in [3.05, 3.63) is 35.9 Å². The van der Waals surface area contributed by atoms with Gasteiger partial charge in [-0.1, -0.05) is 30.3 Å². The first-order chi connectivity index (χ1) is 13.1. The fraction of sp³-hybridized carbons (Fsp3) is 0.471. The van der Waals surface area contributed by atoms with Gasteiger partial charge in [-0.25, -0.2) is 9.59 Å². The first-order valence-corrected chi connectivity index (χ1v) is 8.23. The van der Waals surface area contributed by atoms with Crippen molar-refractivity contribution in [2.75, 3.05) is 26.2 Å². The normalized spacial score (nSPS) is 14.6. The van der Waals surface area contributed by atoms with Gasteiger partial charge in [0.05, 0.1) is 6.61 Å². The van der Waals surface area contributed by atoms with Crippen LogP contribution in [0.4, 0.5) is 18.0 Å². The van der Waals surface area contributed by atoms with E-state index >= 15 is 0 Å². The zero-order valence-electron chi connectivity index (χ0n) is 15.0. The van der Waals surface area contributed by atoms with Crippen molar-refractivity contribution in [1.82, 2.24) is 10.6 Å². The number of carboxylic acid groups (broad SMARTS) is 1. The molecule has 1 aliphatic heterocycles. The molecule has 0 radical (unpaired) electrons. The Morgan fingerprint density at radius 3 is 2.18 bits per heavy atom. The summed E-state index contributed by atoms with van der Waals surface area (Å²) in [5, 5.41) is 12.8. The minimum Gasteiger partial charge on any atom is -0.475 e. The van der Waals surface area contributed by atoms with E-state index in [1.54, 1.807) is 6.92 Å². The van der Waals surface area contributed by atoms with Crippen LogP contribution in [0.25, 0.3) is 0 Å². The van der Waals surface area contributed by atoms with Crippen LogP contribution in [-0.4, -0.2) is 55.6 Å². The summed E-state index contributed by atoms with van der Waals surface area (Å²) in [6, 6.07) is 9.42. The lowest BCUT2D eigenvalue weighted by atomic mass is 9.81. The molecule has 0 spiro atoms. The lowest BCUT2D eigenvalue weighted by molar-refractivity contribution is -0.192. The number of aliphatic carboxylic acids is 1. The summed E-state index contributed by atoms with van der Waals surface area (Å²) in [5.41, 5.74) is 0.250. The Morgan fingerprint density at radius 2 is 1.75 bits per heavy atom. The van der Waals surface area contributed by atoms with Crippen LogP contribution in [0.2, 0.25) is 0 Å². The van der Waals surface area contributed by atoms with E-state index in [0.717, 1.165) is 5.56 Å². The Labute approximate surface area is 159 Å². The SMILES string of the molecule is CCOC(=O)C1(CNC(=O)OCc2ccccc2)CNC1.O=C(O)C(F)(F)F. The molecule has 1 aliphatic rings. The molecule has 0 aliphatic carbocycles. The molecule has 1 heterocycles. The Kier molecular flexibility index (Phi) is 8.71. The maximum atomic E-state index is 11.9. The second-order valence-electron chi connectivity index (χ2n) is 5.82. The van der Waals surface area contributed by atoms with Crippen molar-refractivity contribution in [3.8, 4) is 0 Å². The van der Waals surface area contributed by atoms with Crippen LogP contribution >= 0.6 is 0 Å². The molecule has 0 unspecified atom stereocenters. The Bertz CT molecular complexity index is 663. The molecule has 0 atom stereocenters. The third-order valence-electron chi connectivity index (χ3n) is 3.66. The number of amides is 1. The molecule has 3 N–H and O–H groups in total. The first-order valence-electron chi connectivity index (χ1n) is 8.23. The third kappa shape index (κ3) is 7.43. The van der Waals surface area contributed by atoms with Crippen molar-refractivity contribution in [2.24, 2.45) is 5.41 Å². The summed E-state index contributed by atoms with van der Waals surface area (Å²) in [7, 11) is 0. The van der Waals surface area contributed by atoms with E-state index in [4.69, 9.17) is 19.4 Å². The highest BCUT2D eigenvalue weighted by Gasteiger charge is 2.46. The van der Waals surface area contributed by atoms with Gasteiger partial charge in [0, 0.05) is 19.6 Å². The number of nitrogens with one attached hydrogen (secondary N) is 2. The maximum absolute atomic E-state index is 11.9. The number of alkyl halides is 3. The lowest BCUT2D eigenvalue weighted by Crippen LogP contribution is -2.63. The van der Waals surface area contributed by atoms with Crippen molar-refractivity contribution >= 4 is 18.0 Å². The largest absolute Gasteiger partial charge is 0.490 e. The molecule has 0 saturated carbocycles. The van der Waals surface area contributed by atoms with Gasteiger partial charge in [0.25, 0.3) is 0 Å². The van der Waals surface area contributed by atoms with Gasteiger partial charge >= 0.3 is 24.2 Å². The number of rotatable bonds is 6. The zero-order valence-corrected chi connectivity index (χ0v) is 15.0. The van der Waals surface area contributed by atoms with Crippen LogP contribution in [0.15, 0.2) is 30.3 Å². The third-order valence-corrected chi connectivity index (χ3v) is 3.66. The molecule has 1 fully saturated rings. The molecular weight excluding hydrogens is 385 g/mol. The molecule has 2 rings (SSSR count). The molecule has 11 heteroatoms. The smallest absolute Gasteiger partial charge is 0.475 e. The summed E-state index contributed by atoms with van der Waals surface area (Å²) in [4.78, 5) is 32.5. The monoisotopic (exact) mass is 406 g/mol. The number of esters is 1. The number of hydrogen-bond acceptors (Lipinski definition) is 6. The number of ether oxygens (including phenoxy) is 2. The quantitative estimate of drug-likeness (QED) is 0.616. The number of halogens is 3. The molecule has 28 heavy (non-hydrogen) atoms. The molecule has 1 aromatic carbocycles. The minimum atomic E-state index is -5.08. The average molecular weight is 406 g/mol. The second kappa shape index (κ2) is 10.5. The molecule has 0 bridgehead atoms. The van der Waals surface area contributed by atoms with E-state index in [2.05, 4.69) is 10.6 Å². The van der Waals surface area contributed by atoms with E-state index in [0.29, 0.717) is 19.7 Å². The van der Waals surface area contributed by atoms with E-state index in [-0.39, 0.29) is 19.1 Å². The van der Waals surface area contributed by atoms with E-state index < -0.39 is 23.7 Å². The summed E-state index contributed by atoms with van der Waals surface area (Å²) in [6.45, 7) is 3.53. The summed E-state index contributed by atoms with van der Waals surface area (Å²) >= 11 is 0. The predicted molar refractivity (Wildman–Crippen MR) is 90.3 cm³/mol. The van der Waals surface area contributed by atoms with Gasteiger partial charge in [-0.2, -0.15) is 13.2 Å². The highest BCUT2D eigenvalue weighted by Crippen LogP contribution is 2.23. The van der Waals surface area contributed by atoms with Gasteiger partial charge in [0.15, 0.2) is 0 Å². The van der Waals surface area contributed by atoms with Crippen molar-refractivity contribution in [1.29, 1.82) is 0 Å². The highest BCUT2D eigenvalue weighted by molar-refractivity contribution is 5.80. The number of carboxylic acids is 1. The van der Waals surface area contributed by atoms with Crippen LogP contribution in [0.1, 0.15) is 12.5 Å². The van der Waals surface area contributed by atoms with Crippen molar-refractivity contribution in [2.45, 2.75) is 19.7 Å². The lowest BCUT2D eigenvalue weighted by Gasteiger charge is -2.39. The molecule has 0 aromatic heterocycles. The van der Waals surface area contributed by atoms with Crippen molar-refractivity contribution < 1.29 is 42.1 Å². The molecule has 1 amide bonds. The highest BCUT2D eigenvalue weighted by atomic mass is 19.4. The Hall–Kier alpha value is -2.82. The van der Waals surface area contributed by atoms with Gasteiger partial charge in [-0.15, -0.1) is 0 Å². The Balaban J connectivity index is 0.000000480. The fourth-order valence-corrected chi connectivity index (χ4v) is 2.07. The van der Waals surface area contributed by atoms with Gasteiger partial charge in [-0.3, -0.25) is 4.79 Å². The maximum Gasteiger partial charge on any atom is 0.490 e. The van der Waals surface area contributed by atoms with Gasteiger partial charge in [0.1, 0.15) is 12.0 Å². The van der Waals surface area contributed by atoms with E-state index in [1.807, 2.05) is 30.3 Å². The van der Waals surface area contributed by atoms with Crippen molar-refractivity contribution in [3.63, 3.8) is 0 Å². The standard InChI is InChI=1S/C15H20N2O4.C2HF3O2/c1-2-20-13(18)15(9-16-10-15)11-17-14(19)21-8-12-6-4-3-5-7-12;3-2(4,5)1(6)7/h3-7,16H,2,8-11H2,1H3,(H,17,19);(H,6,7).